The number of ether oxygens (including phenoxy) is 1. The van der Waals surface area contributed by atoms with Crippen LogP contribution in [-0.4, -0.2) is 46.2 Å². The summed E-state index contributed by atoms with van der Waals surface area (Å²) in [6, 6.07) is 10.3. The van der Waals surface area contributed by atoms with Crippen LogP contribution in [0, 0.1) is 22.7 Å². The molecular weight excluding hydrogens is 568 g/mol. The van der Waals surface area contributed by atoms with Crippen molar-refractivity contribution < 1.29 is 29.3 Å². The molecule has 45 heavy (non-hydrogen) atoms. The molecule has 4 unspecified atom stereocenters. The smallest absolute Gasteiger partial charge is 0.329 e. The van der Waals surface area contributed by atoms with Crippen molar-refractivity contribution in [2.45, 2.75) is 117 Å². The van der Waals surface area contributed by atoms with Crippen LogP contribution in [0.2, 0.25) is 0 Å². The van der Waals surface area contributed by atoms with Crippen LogP contribution in [0.15, 0.2) is 42.5 Å². The number of anilines is 1. The van der Waals surface area contributed by atoms with Gasteiger partial charge in [-0.3, -0.25) is 14.5 Å². The molecule has 8 nitrogen and oxygen atoms in total. The van der Waals surface area contributed by atoms with Crippen molar-refractivity contribution in [3.05, 3.63) is 53.6 Å². The van der Waals surface area contributed by atoms with Gasteiger partial charge in [-0.25, -0.2) is 4.79 Å². The molecule has 3 N–H and O–H groups in total. The summed E-state index contributed by atoms with van der Waals surface area (Å²) in [5, 5.41) is 22.6. The fourth-order valence-corrected chi connectivity index (χ4v) is 7.84. The quantitative estimate of drug-likeness (QED) is 0.220. The van der Waals surface area contributed by atoms with Gasteiger partial charge in [0.25, 0.3) is 5.91 Å². The number of phenolic OH excluding ortho intramolecular Hbond substituents is 2. The van der Waals surface area contributed by atoms with Gasteiger partial charge in [-0.1, -0.05) is 71.2 Å². The Morgan fingerprint density at radius 1 is 0.978 bits per heavy atom. The molecule has 0 spiro atoms. The van der Waals surface area contributed by atoms with Crippen LogP contribution in [0.3, 0.4) is 0 Å². The topological polar surface area (TPSA) is 116 Å². The van der Waals surface area contributed by atoms with Crippen molar-refractivity contribution >= 4 is 23.5 Å². The normalized spacial score (nSPS) is 23.6. The van der Waals surface area contributed by atoms with Gasteiger partial charge in [0, 0.05) is 12.1 Å². The zero-order valence-electron chi connectivity index (χ0n) is 27.5. The molecule has 0 saturated heterocycles. The summed E-state index contributed by atoms with van der Waals surface area (Å²) in [6.07, 6.45) is 7.72. The van der Waals surface area contributed by atoms with E-state index in [2.05, 4.69) is 33.0 Å². The number of hydrogen-bond acceptors (Lipinski definition) is 6. The molecule has 5 rings (SSSR count). The first kappa shape index (κ1) is 32.8. The Hall–Kier alpha value is -3.55. The molecule has 2 aromatic rings. The number of nitrogens with zero attached hydrogens (tertiary/aromatic N) is 1. The second kappa shape index (κ2) is 13.1. The molecule has 2 saturated carbocycles. The first-order valence-corrected chi connectivity index (χ1v) is 16.7. The Bertz CT molecular complexity index is 1410. The maximum atomic E-state index is 14.6. The largest absolute Gasteiger partial charge is 0.504 e. The Labute approximate surface area is 267 Å². The van der Waals surface area contributed by atoms with Gasteiger partial charge in [0.1, 0.15) is 12.1 Å². The lowest BCUT2D eigenvalue weighted by Crippen LogP contribution is -2.56. The first-order valence-electron chi connectivity index (χ1n) is 16.7. The number of phenols is 2. The van der Waals surface area contributed by atoms with Crippen molar-refractivity contribution in [1.82, 2.24) is 5.32 Å². The van der Waals surface area contributed by atoms with Crippen molar-refractivity contribution in [3.8, 4) is 11.5 Å². The SMILES string of the molecule is CC(CC1CCC(C)(C)C1(C)C)OC(=O)C1Cc2ccccc2N1C(=O)C(NC(=O)Cc1ccc(O)c(O)c1)C1CCCCC1. The van der Waals surface area contributed by atoms with E-state index in [1.807, 2.05) is 31.2 Å². The molecule has 2 amide bonds. The second-order valence-electron chi connectivity index (χ2n) is 14.8. The third-order valence-corrected chi connectivity index (χ3v) is 11.4. The van der Waals surface area contributed by atoms with Crippen LogP contribution >= 0.6 is 0 Å². The molecule has 3 aliphatic rings. The van der Waals surface area contributed by atoms with E-state index in [1.165, 1.54) is 12.1 Å². The highest BCUT2D eigenvalue weighted by molar-refractivity contribution is 6.06. The summed E-state index contributed by atoms with van der Waals surface area (Å²) in [7, 11) is 0. The number of rotatable bonds is 9. The van der Waals surface area contributed by atoms with Gasteiger partial charge >= 0.3 is 5.97 Å². The molecule has 2 aliphatic carbocycles. The molecular formula is C37H50N2O6. The number of fused-ring (bicyclic) bond motifs is 1. The van der Waals surface area contributed by atoms with Crippen LogP contribution in [-0.2, 0) is 32.0 Å². The maximum Gasteiger partial charge on any atom is 0.329 e. The number of nitrogens with one attached hydrogen (secondary N) is 1. The molecule has 1 heterocycles. The number of carbonyl (C=O) groups is 3. The lowest BCUT2D eigenvalue weighted by Gasteiger charge is -2.40. The number of para-hydroxylation sites is 1. The van der Waals surface area contributed by atoms with E-state index in [4.69, 9.17) is 4.74 Å². The summed E-state index contributed by atoms with van der Waals surface area (Å²) >= 11 is 0. The van der Waals surface area contributed by atoms with Gasteiger partial charge in [-0.05, 0) is 91.0 Å². The lowest BCUT2D eigenvalue weighted by molar-refractivity contribution is -0.152. The third kappa shape index (κ3) is 6.85. The summed E-state index contributed by atoms with van der Waals surface area (Å²) < 4.78 is 6.11. The minimum Gasteiger partial charge on any atom is -0.504 e. The molecule has 0 bridgehead atoms. The standard InChI is InChI=1S/C37H50N2O6/c1-23(19-27-17-18-36(2,3)37(27,4)5)45-35(44)29-22-26-13-9-10-14-28(26)39(29)34(43)33(25-11-7-6-8-12-25)38-32(42)21-24-15-16-30(40)31(41)20-24/h9-10,13-16,20,23,25,27,29,33,40-41H,6-8,11-12,17-19,21-22H2,1-5H3,(H,38,42). The predicted octanol–water partition coefficient (Wildman–Crippen LogP) is 6.45. The van der Waals surface area contributed by atoms with E-state index < -0.39 is 18.1 Å². The van der Waals surface area contributed by atoms with Gasteiger partial charge in [-0.2, -0.15) is 0 Å². The van der Waals surface area contributed by atoms with Crippen molar-refractivity contribution in [2.24, 2.45) is 22.7 Å². The fourth-order valence-electron chi connectivity index (χ4n) is 7.84. The monoisotopic (exact) mass is 618 g/mol. The van der Waals surface area contributed by atoms with Gasteiger partial charge < -0.3 is 20.3 Å². The molecule has 0 radical (unpaired) electrons. The molecule has 0 aromatic heterocycles. The molecule has 8 heteroatoms. The van der Waals surface area contributed by atoms with Gasteiger partial charge in [-0.15, -0.1) is 0 Å². The summed E-state index contributed by atoms with van der Waals surface area (Å²) in [5.41, 5.74) is 2.47. The van der Waals surface area contributed by atoms with Gasteiger partial charge in [0.05, 0.1) is 12.5 Å². The number of amides is 2. The molecule has 1 aliphatic heterocycles. The summed E-state index contributed by atoms with van der Waals surface area (Å²) in [4.78, 5) is 43.4. The molecule has 2 aromatic carbocycles. The summed E-state index contributed by atoms with van der Waals surface area (Å²) in [6.45, 7) is 11.2. The highest BCUT2D eigenvalue weighted by Gasteiger charge is 2.49. The number of carbonyl (C=O) groups excluding carboxylic acids is 3. The summed E-state index contributed by atoms with van der Waals surface area (Å²) in [5.74, 6) is -1.23. The van der Waals surface area contributed by atoms with E-state index in [1.54, 1.807) is 11.0 Å². The van der Waals surface area contributed by atoms with Crippen LogP contribution in [0.25, 0.3) is 0 Å². The van der Waals surface area contributed by atoms with Gasteiger partial charge in [0.2, 0.25) is 5.91 Å². The van der Waals surface area contributed by atoms with Crippen molar-refractivity contribution in [2.75, 3.05) is 4.90 Å². The number of esters is 1. The van der Waals surface area contributed by atoms with E-state index in [0.29, 0.717) is 23.6 Å². The Morgan fingerprint density at radius 2 is 1.69 bits per heavy atom. The minimum absolute atomic E-state index is 0.0558. The zero-order chi connectivity index (χ0) is 32.5. The van der Waals surface area contributed by atoms with Crippen LogP contribution in [0.4, 0.5) is 5.69 Å². The lowest BCUT2D eigenvalue weighted by atomic mass is 9.66. The van der Waals surface area contributed by atoms with E-state index in [9.17, 15) is 24.6 Å². The average molecular weight is 619 g/mol. The fraction of sp³-hybridized carbons (Fsp3) is 0.595. The number of hydrogen-bond donors (Lipinski definition) is 3. The Balaban J connectivity index is 1.35. The predicted molar refractivity (Wildman–Crippen MR) is 174 cm³/mol. The number of aromatic hydroxyl groups is 2. The molecule has 244 valence electrons. The van der Waals surface area contributed by atoms with Gasteiger partial charge in [0.15, 0.2) is 11.5 Å². The third-order valence-electron chi connectivity index (χ3n) is 11.4. The van der Waals surface area contributed by atoms with Crippen molar-refractivity contribution in [1.29, 1.82) is 0 Å². The molecule has 2 fully saturated rings. The average Bonchev–Trinajstić information content (AvgIpc) is 3.48. The highest BCUT2D eigenvalue weighted by Crippen LogP contribution is 2.57. The van der Waals surface area contributed by atoms with Crippen LogP contribution in [0.5, 0.6) is 11.5 Å². The minimum atomic E-state index is -0.803. The zero-order valence-corrected chi connectivity index (χ0v) is 27.5. The highest BCUT2D eigenvalue weighted by atomic mass is 16.5. The second-order valence-corrected chi connectivity index (χ2v) is 14.8. The van der Waals surface area contributed by atoms with E-state index >= 15 is 0 Å². The van der Waals surface area contributed by atoms with Crippen LogP contribution in [0.1, 0.15) is 97.1 Å². The first-order chi connectivity index (χ1) is 21.3. The van der Waals surface area contributed by atoms with Crippen molar-refractivity contribution in [3.63, 3.8) is 0 Å². The van der Waals surface area contributed by atoms with E-state index in [0.717, 1.165) is 56.9 Å². The Morgan fingerprint density at radius 3 is 2.36 bits per heavy atom. The Kier molecular flexibility index (Phi) is 9.52. The molecule has 4 atom stereocenters. The maximum absolute atomic E-state index is 14.6. The van der Waals surface area contributed by atoms with Crippen LogP contribution < -0.4 is 10.2 Å². The number of benzene rings is 2. The van der Waals surface area contributed by atoms with E-state index in [-0.39, 0.29) is 52.6 Å².